The van der Waals surface area contributed by atoms with Gasteiger partial charge < -0.3 is 24.6 Å². The Kier molecular flexibility index (Phi) is 12.5. The molecule has 0 aromatic carbocycles. The second-order valence-corrected chi connectivity index (χ2v) is 12.9. The highest BCUT2D eigenvalue weighted by molar-refractivity contribution is 5.77. The van der Waals surface area contributed by atoms with Gasteiger partial charge in [0.2, 0.25) is 5.91 Å². The number of carbonyl (C=O) groups excluding carboxylic acids is 1. The van der Waals surface area contributed by atoms with Gasteiger partial charge in [0, 0.05) is 6.42 Å². The summed E-state index contributed by atoms with van der Waals surface area (Å²) in [6.07, 6.45) is 19.7. The first-order valence-electron chi connectivity index (χ1n) is 14.8. The monoisotopic (exact) mass is 495 g/mol. The lowest BCUT2D eigenvalue weighted by atomic mass is 9.55. The van der Waals surface area contributed by atoms with E-state index in [4.69, 9.17) is 0 Å². The van der Waals surface area contributed by atoms with Gasteiger partial charge in [-0.1, -0.05) is 71.1 Å². The van der Waals surface area contributed by atoms with Crippen molar-refractivity contribution in [2.24, 2.45) is 17.3 Å². The van der Waals surface area contributed by atoms with Crippen molar-refractivity contribution in [3.63, 3.8) is 0 Å². The summed E-state index contributed by atoms with van der Waals surface area (Å²) in [7, 11) is 6.55. The number of hydrogen-bond acceptors (Lipinski definition) is 3. The predicted molar refractivity (Wildman–Crippen MR) is 146 cm³/mol. The molecule has 2 aliphatic rings. The summed E-state index contributed by atoms with van der Waals surface area (Å²) in [5.74, 6) is 1.48. The number of quaternary nitrogens is 2. The number of amides is 1. The Bertz CT molecular complexity index is 563. The molecule has 0 unspecified atom stereocenters. The van der Waals surface area contributed by atoms with E-state index in [1.807, 2.05) is 4.90 Å². The maximum atomic E-state index is 14.1. The average molecular weight is 496 g/mol. The number of nitrogens with zero attached hydrogens (tertiary/aromatic N) is 3. The Balaban J connectivity index is 2.31. The zero-order valence-corrected chi connectivity index (χ0v) is 23.9. The lowest BCUT2D eigenvalue weighted by molar-refractivity contribution is -0.842. The molecule has 0 radical (unpaired) electrons. The number of likely N-dealkylation sites (N-methyl/N-ethyl adjacent to an activating group) is 2. The Morgan fingerprint density at radius 2 is 1.23 bits per heavy atom. The zero-order chi connectivity index (χ0) is 26.0. The fraction of sp³-hybridized carbons (Fsp3) is 0.966. The van der Waals surface area contributed by atoms with Gasteiger partial charge in [0.05, 0.1) is 54.4 Å². The third kappa shape index (κ3) is 10.7. The quantitative estimate of drug-likeness (QED) is 0.148. The maximum Gasteiger partial charge on any atom is 0.223 e. The van der Waals surface area contributed by atoms with E-state index in [0.29, 0.717) is 44.4 Å². The van der Waals surface area contributed by atoms with Crippen LogP contribution < -0.4 is 0 Å². The number of unbranched alkanes of at least 4 members (excludes halogenated alkanes) is 3. The van der Waals surface area contributed by atoms with Crippen LogP contribution >= 0.6 is 0 Å². The minimum atomic E-state index is -0.410. The molecule has 2 saturated carbocycles. The highest BCUT2D eigenvalue weighted by Gasteiger charge is 2.47. The fourth-order valence-corrected chi connectivity index (χ4v) is 6.83. The van der Waals surface area contributed by atoms with Gasteiger partial charge in [-0.15, -0.1) is 0 Å². The second kappa shape index (κ2) is 14.3. The van der Waals surface area contributed by atoms with Crippen LogP contribution in [0.15, 0.2) is 0 Å². The summed E-state index contributed by atoms with van der Waals surface area (Å²) in [4.78, 5) is 16.0. The molecule has 35 heavy (non-hydrogen) atoms. The SMILES string of the molecule is CCCCCCC(CC(=O)N(CC[N+](C)(C)[O-])CC[N+](C)(C)[O-])(C1CCCCC1)C1CCCCC1. The first-order chi connectivity index (χ1) is 16.5. The summed E-state index contributed by atoms with van der Waals surface area (Å²) >= 11 is 0. The number of carbonyl (C=O) groups is 1. The summed E-state index contributed by atoms with van der Waals surface area (Å²) in [5, 5.41) is 24.7. The molecular weight excluding hydrogens is 438 g/mol. The molecule has 2 aliphatic carbocycles. The van der Waals surface area contributed by atoms with Crippen molar-refractivity contribution in [3.8, 4) is 0 Å². The minimum absolute atomic E-state index is 0.0909. The molecule has 2 fully saturated rings. The second-order valence-electron chi connectivity index (χ2n) is 12.9. The van der Waals surface area contributed by atoms with Crippen molar-refractivity contribution >= 4 is 5.91 Å². The molecule has 0 heterocycles. The van der Waals surface area contributed by atoms with Crippen LogP contribution in [0.1, 0.15) is 110 Å². The molecule has 206 valence electrons. The van der Waals surface area contributed by atoms with Gasteiger partial charge >= 0.3 is 0 Å². The van der Waals surface area contributed by atoms with Crippen LogP contribution in [0.25, 0.3) is 0 Å². The molecule has 0 bridgehead atoms. The average Bonchev–Trinajstić information content (AvgIpc) is 2.80. The molecule has 2 rings (SSSR count). The summed E-state index contributed by atoms with van der Waals surface area (Å²) in [6.45, 7) is 3.89. The number of hydroxylamine groups is 6. The topological polar surface area (TPSA) is 66.4 Å². The van der Waals surface area contributed by atoms with Gasteiger partial charge in [-0.2, -0.15) is 0 Å². The molecule has 0 aromatic rings. The smallest absolute Gasteiger partial charge is 0.223 e. The molecule has 6 nitrogen and oxygen atoms in total. The predicted octanol–water partition coefficient (Wildman–Crippen LogP) is 6.47. The Hall–Kier alpha value is -0.690. The van der Waals surface area contributed by atoms with Crippen molar-refractivity contribution < 1.29 is 14.1 Å². The van der Waals surface area contributed by atoms with Gasteiger partial charge in [-0.25, -0.2) is 0 Å². The Morgan fingerprint density at radius 3 is 1.63 bits per heavy atom. The van der Waals surface area contributed by atoms with Gasteiger partial charge in [0.25, 0.3) is 0 Å². The van der Waals surface area contributed by atoms with E-state index in [-0.39, 0.29) is 11.3 Å². The first kappa shape index (κ1) is 30.5. The largest absolute Gasteiger partial charge is 0.633 e. The summed E-state index contributed by atoms with van der Waals surface area (Å²) < 4.78 is -0.820. The lowest BCUT2D eigenvalue weighted by Crippen LogP contribution is -2.50. The van der Waals surface area contributed by atoms with Crippen molar-refractivity contribution in [1.82, 2.24) is 4.90 Å². The molecule has 6 heteroatoms. The van der Waals surface area contributed by atoms with E-state index in [2.05, 4.69) is 6.92 Å². The number of rotatable bonds is 15. The van der Waals surface area contributed by atoms with E-state index in [1.54, 1.807) is 28.2 Å². The number of hydrogen-bond donors (Lipinski definition) is 0. The third-order valence-electron chi connectivity index (χ3n) is 8.98. The van der Waals surface area contributed by atoms with Crippen molar-refractivity contribution in [1.29, 1.82) is 0 Å². The van der Waals surface area contributed by atoms with Crippen molar-refractivity contribution in [3.05, 3.63) is 10.4 Å². The van der Waals surface area contributed by atoms with E-state index in [0.717, 1.165) is 0 Å². The fourth-order valence-electron chi connectivity index (χ4n) is 6.83. The summed E-state index contributed by atoms with van der Waals surface area (Å²) in [6, 6.07) is 0. The molecule has 0 aromatic heterocycles. The minimum Gasteiger partial charge on any atom is -0.633 e. The highest BCUT2D eigenvalue weighted by atomic mass is 16.5. The van der Waals surface area contributed by atoms with Gasteiger partial charge in [0.1, 0.15) is 0 Å². The maximum absolute atomic E-state index is 14.1. The van der Waals surface area contributed by atoms with Gasteiger partial charge in [-0.05, 0) is 49.4 Å². The third-order valence-corrected chi connectivity index (χ3v) is 8.98. The molecule has 1 amide bonds. The van der Waals surface area contributed by atoms with Crippen LogP contribution in [0, 0.1) is 27.7 Å². The van der Waals surface area contributed by atoms with E-state index in [1.165, 1.54) is 96.3 Å². The Morgan fingerprint density at radius 1 is 0.771 bits per heavy atom. The normalized spacial score (nSPS) is 19.2. The van der Waals surface area contributed by atoms with Crippen LogP contribution in [-0.4, -0.2) is 74.5 Å². The molecule has 0 spiro atoms. The lowest BCUT2D eigenvalue weighted by Gasteiger charge is -2.50. The Labute approximate surface area is 216 Å². The van der Waals surface area contributed by atoms with Crippen LogP contribution in [0.3, 0.4) is 0 Å². The summed E-state index contributed by atoms with van der Waals surface area (Å²) in [5.41, 5.74) is 0.0909. The van der Waals surface area contributed by atoms with E-state index >= 15 is 0 Å². The van der Waals surface area contributed by atoms with Gasteiger partial charge in [-0.3, -0.25) is 4.79 Å². The van der Waals surface area contributed by atoms with Crippen LogP contribution in [0.4, 0.5) is 0 Å². The van der Waals surface area contributed by atoms with Crippen molar-refractivity contribution in [2.75, 3.05) is 54.4 Å². The standard InChI is InChI=1S/C29H57N3O3/c1-6-7-8-15-20-29(26-16-11-9-12-17-26,27-18-13-10-14-19-27)25-28(33)30(21-23-31(2,3)34)22-24-32(4,5)35/h26-27H,6-25H2,1-5H3. The molecule has 0 saturated heterocycles. The molecular formula is C29H57N3O3. The van der Waals surface area contributed by atoms with Crippen LogP contribution in [-0.2, 0) is 4.79 Å². The van der Waals surface area contributed by atoms with Gasteiger partial charge in [0.15, 0.2) is 0 Å². The zero-order valence-electron chi connectivity index (χ0n) is 23.9. The van der Waals surface area contributed by atoms with Crippen molar-refractivity contribution in [2.45, 2.75) is 110 Å². The van der Waals surface area contributed by atoms with Crippen LogP contribution in [0.2, 0.25) is 0 Å². The van der Waals surface area contributed by atoms with E-state index < -0.39 is 9.29 Å². The van der Waals surface area contributed by atoms with E-state index in [9.17, 15) is 15.2 Å². The molecule has 0 N–H and O–H groups in total. The molecule has 0 aliphatic heterocycles. The first-order valence-corrected chi connectivity index (χ1v) is 14.8. The van der Waals surface area contributed by atoms with Crippen LogP contribution in [0.5, 0.6) is 0 Å². The highest BCUT2D eigenvalue weighted by Crippen LogP contribution is 2.54. The molecule has 0 atom stereocenters.